The van der Waals surface area contributed by atoms with Gasteiger partial charge in [0.25, 0.3) is 0 Å². The van der Waals surface area contributed by atoms with Gasteiger partial charge in [0, 0.05) is 17.1 Å². The number of carbonyl (C=O) groups excluding carboxylic acids is 2. The number of para-hydroxylation sites is 2. The molecule has 244 valence electrons. The van der Waals surface area contributed by atoms with Crippen LogP contribution < -0.4 is 15.4 Å². The average molecular weight is 695 g/mol. The van der Waals surface area contributed by atoms with Crippen LogP contribution in [0.25, 0.3) is 15.9 Å². The predicted molar refractivity (Wildman–Crippen MR) is 196 cm³/mol. The van der Waals surface area contributed by atoms with Crippen molar-refractivity contribution >= 4 is 68.3 Å². The standard InChI is InChI=1S/C36H34N6O3S3/c1-22-16-24(3)34(25(4)17-22)39-33(44)21-47-36-38-28-15-14-26(18-30(28)48-36)37-32(43)20-46-35-41-40-31(42(35)27-11-6-5-7-12-27)19-45-29-13-9-8-10-23(29)2/h5-18H,19-21H2,1-4H3,(H,37,43)(H,39,44). The summed E-state index contributed by atoms with van der Waals surface area (Å²) >= 11 is 4.20. The number of nitrogens with zero attached hydrogens (tertiary/aromatic N) is 4. The van der Waals surface area contributed by atoms with Gasteiger partial charge in [-0.1, -0.05) is 77.6 Å². The molecular formula is C36H34N6O3S3. The number of amides is 2. The minimum absolute atomic E-state index is 0.0752. The van der Waals surface area contributed by atoms with Crippen molar-refractivity contribution in [2.45, 2.75) is 43.8 Å². The largest absolute Gasteiger partial charge is 0.485 e. The molecule has 2 heterocycles. The third-order valence-electron chi connectivity index (χ3n) is 7.42. The van der Waals surface area contributed by atoms with Crippen LogP contribution in [0.15, 0.2) is 94.4 Å². The Hall–Kier alpha value is -4.65. The van der Waals surface area contributed by atoms with E-state index in [0.29, 0.717) is 16.7 Å². The number of anilines is 2. The molecule has 6 aromatic rings. The van der Waals surface area contributed by atoms with Crippen LogP contribution in [0.4, 0.5) is 11.4 Å². The Labute approximate surface area is 291 Å². The first-order valence-electron chi connectivity index (χ1n) is 15.3. The number of thiazole rings is 1. The zero-order chi connectivity index (χ0) is 33.6. The van der Waals surface area contributed by atoms with Gasteiger partial charge < -0.3 is 15.4 Å². The molecule has 0 aliphatic carbocycles. The molecular weight excluding hydrogens is 661 g/mol. The smallest absolute Gasteiger partial charge is 0.234 e. The summed E-state index contributed by atoms with van der Waals surface area (Å²) in [6.45, 7) is 8.28. The molecule has 6 rings (SSSR count). The molecule has 2 amide bonds. The molecule has 0 radical (unpaired) electrons. The first-order valence-corrected chi connectivity index (χ1v) is 18.0. The van der Waals surface area contributed by atoms with Crippen molar-refractivity contribution < 1.29 is 14.3 Å². The summed E-state index contributed by atoms with van der Waals surface area (Å²) in [6, 6.07) is 27.4. The first-order chi connectivity index (χ1) is 23.2. The maximum absolute atomic E-state index is 13.0. The van der Waals surface area contributed by atoms with Crippen LogP contribution in [0.3, 0.4) is 0 Å². The number of hydrogen-bond donors (Lipinski definition) is 2. The van der Waals surface area contributed by atoms with E-state index in [1.54, 1.807) is 0 Å². The molecule has 2 N–H and O–H groups in total. The molecule has 0 aliphatic heterocycles. The topological polar surface area (TPSA) is 111 Å². The highest BCUT2D eigenvalue weighted by molar-refractivity contribution is 8.01. The molecule has 0 bridgehead atoms. The lowest BCUT2D eigenvalue weighted by molar-refractivity contribution is -0.114. The lowest BCUT2D eigenvalue weighted by Gasteiger charge is -2.12. The van der Waals surface area contributed by atoms with Crippen LogP contribution in [0.1, 0.15) is 28.1 Å². The van der Waals surface area contributed by atoms with Crippen LogP contribution in [0.2, 0.25) is 0 Å². The van der Waals surface area contributed by atoms with E-state index in [1.807, 2.05) is 105 Å². The summed E-state index contributed by atoms with van der Waals surface area (Å²) in [5.74, 6) is 1.56. The number of hydrogen-bond acceptors (Lipinski definition) is 9. The van der Waals surface area contributed by atoms with Crippen molar-refractivity contribution in [1.29, 1.82) is 0 Å². The molecule has 12 heteroatoms. The van der Waals surface area contributed by atoms with Gasteiger partial charge in [0.15, 0.2) is 15.3 Å². The fourth-order valence-electron chi connectivity index (χ4n) is 5.23. The Morgan fingerprint density at radius 2 is 1.50 bits per heavy atom. The molecule has 0 aliphatic rings. The highest BCUT2D eigenvalue weighted by Crippen LogP contribution is 2.32. The number of benzene rings is 4. The summed E-state index contributed by atoms with van der Waals surface area (Å²) in [7, 11) is 0. The van der Waals surface area contributed by atoms with Crippen LogP contribution in [0.5, 0.6) is 5.75 Å². The Balaban J connectivity index is 1.07. The second-order valence-electron chi connectivity index (χ2n) is 11.2. The van der Waals surface area contributed by atoms with Crippen LogP contribution in [-0.2, 0) is 16.2 Å². The van der Waals surface area contributed by atoms with Gasteiger partial charge in [0.1, 0.15) is 12.4 Å². The van der Waals surface area contributed by atoms with Crippen LogP contribution in [0, 0.1) is 27.7 Å². The summed E-state index contributed by atoms with van der Waals surface area (Å²) < 4.78 is 9.70. The van der Waals surface area contributed by atoms with E-state index in [2.05, 4.69) is 37.9 Å². The van der Waals surface area contributed by atoms with Crippen molar-refractivity contribution in [3.05, 3.63) is 113 Å². The first kappa shape index (κ1) is 33.3. The Morgan fingerprint density at radius 3 is 2.27 bits per heavy atom. The molecule has 0 atom stereocenters. The zero-order valence-corrected chi connectivity index (χ0v) is 29.4. The van der Waals surface area contributed by atoms with Gasteiger partial charge in [-0.2, -0.15) is 0 Å². The van der Waals surface area contributed by atoms with Crippen LogP contribution >= 0.6 is 34.9 Å². The molecule has 0 saturated carbocycles. The number of ether oxygens (including phenoxy) is 1. The summed E-state index contributed by atoms with van der Waals surface area (Å²) in [4.78, 5) is 30.4. The van der Waals surface area contributed by atoms with E-state index >= 15 is 0 Å². The molecule has 0 spiro atoms. The van der Waals surface area contributed by atoms with E-state index in [1.165, 1.54) is 40.4 Å². The van der Waals surface area contributed by atoms with Gasteiger partial charge in [0.05, 0.1) is 21.7 Å². The summed E-state index contributed by atoms with van der Waals surface area (Å²) in [6.07, 6.45) is 0. The molecule has 0 saturated heterocycles. The molecule has 0 unspecified atom stereocenters. The van der Waals surface area contributed by atoms with Gasteiger partial charge in [-0.3, -0.25) is 14.2 Å². The van der Waals surface area contributed by atoms with E-state index < -0.39 is 0 Å². The number of carbonyl (C=O) groups is 2. The third-order valence-corrected chi connectivity index (χ3v) is 10.5. The Morgan fingerprint density at radius 1 is 0.792 bits per heavy atom. The number of nitrogens with one attached hydrogen (secondary N) is 2. The third kappa shape index (κ3) is 8.07. The molecule has 0 fully saturated rings. The van der Waals surface area contributed by atoms with Gasteiger partial charge in [0.2, 0.25) is 11.8 Å². The van der Waals surface area contributed by atoms with E-state index in [4.69, 9.17) is 4.74 Å². The normalized spacial score (nSPS) is 11.1. The van der Waals surface area contributed by atoms with Gasteiger partial charge >= 0.3 is 0 Å². The minimum atomic E-state index is -0.169. The van der Waals surface area contributed by atoms with Crippen LogP contribution in [-0.4, -0.2) is 43.1 Å². The number of fused-ring (bicyclic) bond motifs is 1. The number of thioether (sulfide) groups is 2. The number of aromatic nitrogens is 4. The summed E-state index contributed by atoms with van der Waals surface area (Å²) in [5, 5.41) is 15.4. The highest BCUT2D eigenvalue weighted by Gasteiger charge is 2.18. The summed E-state index contributed by atoms with van der Waals surface area (Å²) in [5.41, 5.74) is 7.54. The number of aryl methyl sites for hydroxylation is 4. The van der Waals surface area contributed by atoms with Crippen molar-refractivity contribution in [3.63, 3.8) is 0 Å². The van der Waals surface area contributed by atoms with E-state index in [9.17, 15) is 9.59 Å². The SMILES string of the molecule is Cc1cc(C)c(NC(=O)CSc2nc3ccc(NC(=O)CSc4nnc(COc5ccccc5C)n4-c4ccccc4)cc3s2)c(C)c1. The quantitative estimate of drug-likeness (QED) is 0.124. The van der Waals surface area contributed by atoms with Crippen molar-refractivity contribution in [2.24, 2.45) is 0 Å². The maximum atomic E-state index is 13.0. The highest BCUT2D eigenvalue weighted by atomic mass is 32.2. The fourth-order valence-corrected chi connectivity index (χ4v) is 7.91. The molecule has 9 nitrogen and oxygen atoms in total. The molecule has 2 aromatic heterocycles. The van der Waals surface area contributed by atoms with Crippen molar-refractivity contribution in [2.75, 3.05) is 22.1 Å². The average Bonchev–Trinajstić information content (AvgIpc) is 3.68. The van der Waals surface area contributed by atoms with Gasteiger partial charge in [-0.25, -0.2) is 4.98 Å². The second kappa shape index (κ2) is 15.1. The lowest BCUT2D eigenvalue weighted by atomic mass is 10.1. The minimum Gasteiger partial charge on any atom is -0.485 e. The van der Waals surface area contributed by atoms with E-state index in [0.717, 1.165) is 48.4 Å². The zero-order valence-electron chi connectivity index (χ0n) is 26.9. The lowest BCUT2D eigenvalue weighted by Crippen LogP contribution is -2.15. The molecule has 48 heavy (non-hydrogen) atoms. The van der Waals surface area contributed by atoms with Crippen molar-refractivity contribution in [1.82, 2.24) is 19.7 Å². The Kier molecular flexibility index (Phi) is 10.4. The molecule has 4 aromatic carbocycles. The predicted octanol–water partition coefficient (Wildman–Crippen LogP) is 8.15. The monoisotopic (exact) mass is 694 g/mol. The van der Waals surface area contributed by atoms with E-state index in [-0.39, 0.29) is 29.9 Å². The second-order valence-corrected chi connectivity index (χ2v) is 14.4. The fraction of sp³-hybridized carbons (Fsp3) is 0.194. The Bertz CT molecular complexity index is 2070. The van der Waals surface area contributed by atoms with Crippen molar-refractivity contribution in [3.8, 4) is 11.4 Å². The number of rotatable bonds is 12. The maximum Gasteiger partial charge on any atom is 0.234 e. The van der Waals surface area contributed by atoms with Gasteiger partial charge in [-0.15, -0.1) is 21.5 Å². The van der Waals surface area contributed by atoms with Gasteiger partial charge in [-0.05, 0) is 80.8 Å².